The van der Waals surface area contributed by atoms with E-state index in [1.165, 1.54) is 0 Å². The molecule has 1 rings (SSSR count). The molecule has 1 N–H and O–H groups in total. The first-order valence-electron chi connectivity index (χ1n) is 3.07. The molecule has 0 aliphatic rings. The number of phenols is 1. The Hall–Kier alpha value is -0.780. The van der Waals surface area contributed by atoms with Crippen LogP contribution in [0, 0.1) is 5.82 Å². The van der Waals surface area contributed by atoms with E-state index in [0.29, 0.717) is 12.1 Å². The van der Waals surface area contributed by atoms with E-state index in [1.54, 1.807) is 0 Å². The number of aromatic hydroxyl groups is 1. The molecule has 0 aromatic heterocycles. The van der Waals surface area contributed by atoms with Gasteiger partial charge in [0.1, 0.15) is 11.6 Å². The van der Waals surface area contributed by atoms with Crippen molar-refractivity contribution in [3.63, 3.8) is 0 Å². The van der Waals surface area contributed by atoms with E-state index in [4.69, 9.17) is 5.11 Å². The Morgan fingerprint density at radius 3 is 2.15 bits per heavy atom. The zero-order valence-electron chi connectivity index (χ0n) is 5.99. The normalized spacial score (nSPS) is 11.8. The van der Waals surface area contributed by atoms with Gasteiger partial charge in [0.2, 0.25) is 0 Å². The van der Waals surface area contributed by atoms with Gasteiger partial charge in [-0.15, -0.1) is 0 Å². The third kappa shape index (κ3) is 2.12. The highest BCUT2D eigenvalue weighted by molar-refractivity contribution is 9.10. The zero-order valence-corrected chi connectivity index (χ0v) is 7.58. The van der Waals surface area contributed by atoms with Gasteiger partial charge < -0.3 is 5.11 Å². The lowest BCUT2D eigenvalue weighted by molar-refractivity contribution is -0.137. The monoisotopic (exact) mass is 258 g/mol. The first kappa shape index (κ1) is 10.3. The second-order valence-corrected chi connectivity index (χ2v) is 3.08. The summed E-state index contributed by atoms with van der Waals surface area (Å²) in [6.07, 6.45) is -4.65. The molecule has 1 aromatic carbocycles. The molecule has 0 radical (unpaired) electrons. The Labute approximate surface area is 79.1 Å². The fourth-order valence-electron chi connectivity index (χ4n) is 0.738. The first-order valence-corrected chi connectivity index (χ1v) is 3.87. The molecule has 1 aromatic rings. The molecule has 0 spiro atoms. The fourth-order valence-corrected chi connectivity index (χ4v) is 0.967. The highest BCUT2D eigenvalue weighted by Gasteiger charge is 2.32. The molecule has 72 valence electrons. The molecule has 13 heavy (non-hydrogen) atoms. The van der Waals surface area contributed by atoms with Crippen molar-refractivity contribution in [3.8, 4) is 5.75 Å². The summed E-state index contributed by atoms with van der Waals surface area (Å²) < 4.78 is 48.2. The van der Waals surface area contributed by atoms with Crippen molar-refractivity contribution < 1.29 is 22.7 Å². The van der Waals surface area contributed by atoms with Gasteiger partial charge in [0.05, 0.1) is 10.0 Å². The zero-order chi connectivity index (χ0) is 10.2. The van der Waals surface area contributed by atoms with Crippen LogP contribution in [0.4, 0.5) is 17.6 Å². The Morgan fingerprint density at radius 2 is 1.77 bits per heavy atom. The van der Waals surface area contributed by atoms with Crippen LogP contribution < -0.4 is 0 Å². The number of hydrogen-bond acceptors (Lipinski definition) is 1. The van der Waals surface area contributed by atoms with Crippen molar-refractivity contribution in [2.24, 2.45) is 0 Å². The number of rotatable bonds is 0. The van der Waals surface area contributed by atoms with Crippen LogP contribution in [0.25, 0.3) is 0 Å². The Bertz CT molecular complexity index is 311. The maximum Gasteiger partial charge on any atom is 0.416 e. The number of benzene rings is 1. The molecule has 0 bridgehead atoms. The molecule has 0 fully saturated rings. The number of phenolic OH excluding ortho intramolecular Hbond substituents is 1. The van der Waals surface area contributed by atoms with Crippen LogP contribution in [0.15, 0.2) is 16.6 Å². The largest absolute Gasteiger partial charge is 0.507 e. The number of hydrogen-bond donors (Lipinski definition) is 1. The average molecular weight is 259 g/mol. The van der Waals surface area contributed by atoms with Gasteiger partial charge in [0, 0.05) is 0 Å². The van der Waals surface area contributed by atoms with Crippen LogP contribution in [-0.2, 0) is 6.18 Å². The van der Waals surface area contributed by atoms with E-state index in [-0.39, 0.29) is 4.47 Å². The molecule has 0 aliphatic heterocycles. The van der Waals surface area contributed by atoms with Crippen LogP contribution >= 0.6 is 15.9 Å². The van der Waals surface area contributed by atoms with E-state index < -0.39 is 23.3 Å². The Balaban J connectivity index is 3.29. The van der Waals surface area contributed by atoms with Crippen molar-refractivity contribution in [2.75, 3.05) is 0 Å². The van der Waals surface area contributed by atoms with Crippen molar-refractivity contribution in [3.05, 3.63) is 28.0 Å². The maximum atomic E-state index is 12.7. The lowest BCUT2D eigenvalue weighted by Crippen LogP contribution is -2.05. The van der Waals surface area contributed by atoms with Crippen molar-refractivity contribution in [1.29, 1.82) is 0 Å². The number of alkyl halides is 3. The van der Waals surface area contributed by atoms with Crippen molar-refractivity contribution in [1.82, 2.24) is 0 Å². The topological polar surface area (TPSA) is 20.2 Å². The van der Waals surface area contributed by atoms with Crippen LogP contribution in [0.5, 0.6) is 5.75 Å². The summed E-state index contributed by atoms with van der Waals surface area (Å²) in [4.78, 5) is 0. The summed E-state index contributed by atoms with van der Waals surface area (Å²) in [7, 11) is 0. The van der Waals surface area contributed by atoms with Gasteiger partial charge >= 0.3 is 6.18 Å². The third-order valence-corrected chi connectivity index (χ3v) is 2.12. The van der Waals surface area contributed by atoms with E-state index in [2.05, 4.69) is 15.9 Å². The SMILES string of the molecule is Oc1cc(C(F)(F)F)cc(F)c1Br. The predicted octanol–water partition coefficient (Wildman–Crippen LogP) is 3.31. The van der Waals surface area contributed by atoms with Gasteiger partial charge in [-0.1, -0.05) is 0 Å². The summed E-state index contributed by atoms with van der Waals surface area (Å²) >= 11 is 2.59. The third-order valence-electron chi connectivity index (χ3n) is 1.34. The Morgan fingerprint density at radius 1 is 1.23 bits per heavy atom. The van der Waals surface area contributed by atoms with Crippen LogP contribution in [0.3, 0.4) is 0 Å². The first-order chi connectivity index (χ1) is 5.82. The van der Waals surface area contributed by atoms with E-state index in [1.807, 2.05) is 0 Å². The van der Waals surface area contributed by atoms with Gasteiger partial charge in [-0.05, 0) is 28.1 Å². The van der Waals surface area contributed by atoms with Crippen LogP contribution in [0.1, 0.15) is 5.56 Å². The van der Waals surface area contributed by atoms with Crippen LogP contribution in [-0.4, -0.2) is 5.11 Å². The van der Waals surface area contributed by atoms with Crippen LogP contribution in [0.2, 0.25) is 0 Å². The molecular formula is C7H3BrF4O. The molecule has 0 atom stereocenters. The Kier molecular flexibility index (Phi) is 2.51. The van der Waals surface area contributed by atoms with Crippen molar-refractivity contribution in [2.45, 2.75) is 6.18 Å². The standard InChI is InChI=1S/C7H3BrF4O/c8-6-4(9)1-3(2-5(6)13)7(10,11)12/h1-2,13H. The minimum atomic E-state index is -4.65. The molecule has 0 heterocycles. The van der Waals surface area contributed by atoms with E-state index in [9.17, 15) is 17.6 Å². The van der Waals surface area contributed by atoms with Gasteiger partial charge in [-0.2, -0.15) is 13.2 Å². The van der Waals surface area contributed by atoms with Gasteiger partial charge in [0.15, 0.2) is 0 Å². The fraction of sp³-hybridized carbons (Fsp3) is 0.143. The summed E-state index contributed by atoms with van der Waals surface area (Å²) in [5.41, 5.74) is -1.22. The summed E-state index contributed by atoms with van der Waals surface area (Å²) in [6, 6.07) is 0.761. The maximum absolute atomic E-state index is 12.7. The van der Waals surface area contributed by atoms with E-state index in [0.717, 1.165) is 0 Å². The minimum absolute atomic E-state index is 0.309. The predicted molar refractivity (Wildman–Crippen MR) is 40.8 cm³/mol. The summed E-state index contributed by atoms with van der Waals surface area (Å²) in [5, 5.41) is 8.86. The molecule has 0 saturated carbocycles. The highest BCUT2D eigenvalue weighted by atomic mass is 79.9. The van der Waals surface area contributed by atoms with E-state index >= 15 is 0 Å². The second kappa shape index (κ2) is 3.17. The highest BCUT2D eigenvalue weighted by Crippen LogP contribution is 2.36. The number of halogens is 5. The average Bonchev–Trinajstić information content (AvgIpc) is 1.97. The molecule has 6 heteroatoms. The lowest BCUT2D eigenvalue weighted by Gasteiger charge is -2.07. The lowest BCUT2D eigenvalue weighted by atomic mass is 10.2. The summed E-state index contributed by atoms with van der Waals surface area (Å²) in [5.74, 6) is -1.92. The molecule has 0 amide bonds. The minimum Gasteiger partial charge on any atom is -0.507 e. The molecular weight excluding hydrogens is 256 g/mol. The van der Waals surface area contributed by atoms with Gasteiger partial charge in [0.25, 0.3) is 0 Å². The second-order valence-electron chi connectivity index (χ2n) is 2.29. The molecule has 0 saturated heterocycles. The van der Waals surface area contributed by atoms with Gasteiger partial charge in [-0.25, -0.2) is 4.39 Å². The molecule has 1 nitrogen and oxygen atoms in total. The van der Waals surface area contributed by atoms with Gasteiger partial charge in [-0.3, -0.25) is 0 Å². The molecule has 0 unspecified atom stereocenters. The smallest absolute Gasteiger partial charge is 0.416 e. The molecule has 0 aliphatic carbocycles. The summed E-state index contributed by atoms with van der Waals surface area (Å²) in [6.45, 7) is 0. The van der Waals surface area contributed by atoms with Crippen molar-refractivity contribution >= 4 is 15.9 Å². The quantitative estimate of drug-likeness (QED) is 0.708.